The van der Waals surface area contributed by atoms with E-state index in [4.69, 9.17) is 10.5 Å². The van der Waals surface area contributed by atoms with Crippen LogP contribution in [0.3, 0.4) is 0 Å². The standard InChI is InChI=1S/C15H32N2O/c1-10(2)13(11(3)4)9-17-14(8-16)15-7-6-12(5)18-15/h10-15,17H,6-9,16H2,1-5H3. The number of nitrogens with one attached hydrogen (secondary N) is 1. The van der Waals surface area contributed by atoms with Gasteiger partial charge in [-0.05, 0) is 44.1 Å². The van der Waals surface area contributed by atoms with Crippen molar-refractivity contribution in [3.63, 3.8) is 0 Å². The first-order valence-corrected chi connectivity index (χ1v) is 7.54. The molecule has 0 aliphatic carbocycles. The molecular weight excluding hydrogens is 224 g/mol. The summed E-state index contributed by atoms with van der Waals surface area (Å²) in [6.07, 6.45) is 3.02. The van der Waals surface area contributed by atoms with Gasteiger partial charge in [0.25, 0.3) is 0 Å². The first kappa shape index (κ1) is 15.9. The summed E-state index contributed by atoms with van der Waals surface area (Å²) < 4.78 is 5.93. The topological polar surface area (TPSA) is 47.3 Å². The fourth-order valence-electron chi connectivity index (χ4n) is 3.02. The third-order valence-corrected chi connectivity index (χ3v) is 4.30. The SMILES string of the molecule is CC1CCC(C(CN)NCC(C(C)C)C(C)C)O1. The second-order valence-electron chi connectivity index (χ2n) is 6.46. The molecule has 0 radical (unpaired) electrons. The first-order chi connectivity index (χ1) is 8.45. The van der Waals surface area contributed by atoms with Crippen LogP contribution in [0.1, 0.15) is 47.5 Å². The van der Waals surface area contributed by atoms with Gasteiger partial charge in [0.1, 0.15) is 0 Å². The summed E-state index contributed by atoms with van der Waals surface area (Å²) >= 11 is 0. The Morgan fingerprint density at radius 2 is 1.78 bits per heavy atom. The van der Waals surface area contributed by atoms with Gasteiger partial charge in [-0.25, -0.2) is 0 Å². The number of nitrogens with two attached hydrogens (primary N) is 1. The molecule has 0 aromatic rings. The zero-order valence-electron chi connectivity index (χ0n) is 12.8. The lowest BCUT2D eigenvalue weighted by molar-refractivity contribution is 0.0318. The third-order valence-electron chi connectivity index (χ3n) is 4.30. The van der Waals surface area contributed by atoms with Crippen LogP contribution in [-0.2, 0) is 4.74 Å². The van der Waals surface area contributed by atoms with Crippen LogP contribution in [-0.4, -0.2) is 31.3 Å². The van der Waals surface area contributed by atoms with Crippen molar-refractivity contribution in [3.05, 3.63) is 0 Å². The smallest absolute Gasteiger partial charge is 0.0744 e. The van der Waals surface area contributed by atoms with Crippen LogP contribution in [0, 0.1) is 17.8 Å². The minimum absolute atomic E-state index is 0.310. The summed E-state index contributed by atoms with van der Waals surface area (Å²) in [6, 6.07) is 0.315. The van der Waals surface area contributed by atoms with Gasteiger partial charge in [-0.15, -0.1) is 0 Å². The molecule has 0 spiro atoms. The van der Waals surface area contributed by atoms with Gasteiger partial charge in [-0.2, -0.15) is 0 Å². The molecule has 3 heteroatoms. The Kier molecular flexibility index (Phi) is 6.61. The van der Waals surface area contributed by atoms with Crippen LogP contribution < -0.4 is 11.1 Å². The highest BCUT2D eigenvalue weighted by Gasteiger charge is 2.29. The average Bonchev–Trinajstić information content (AvgIpc) is 2.70. The van der Waals surface area contributed by atoms with Crippen LogP contribution >= 0.6 is 0 Å². The lowest BCUT2D eigenvalue weighted by Crippen LogP contribution is -2.48. The number of hydrogen-bond donors (Lipinski definition) is 2. The van der Waals surface area contributed by atoms with Crippen molar-refractivity contribution in [2.45, 2.75) is 65.7 Å². The number of ether oxygens (including phenoxy) is 1. The molecule has 0 saturated carbocycles. The summed E-state index contributed by atoms with van der Waals surface area (Å²) in [5.74, 6) is 2.12. The van der Waals surface area contributed by atoms with Crippen LogP contribution in [0.15, 0.2) is 0 Å². The molecule has 3 nitrogen and oxygen atoms in total. The molecule has 108 valence electrons. The monoisotopic (exact) mass is 256 g/mol. The largest absolute Gasteiger partial charge is 0.374 e. The predicted molar refractivity (Wildman–Crippen MR) is 77.6 cm³/mol. The van der Waals surface area contributed by atoms with E-state index in [1.54, 1.807) is 0 Å². The highest BCUT2D eigenvalue weighted by molar-refractivity contribution is 4.85. The fraction of sp³-hybridized carbons (Fsp3) is 1.00. The zero-order chi connectivity index (χ0) is 13.7. The summed E-state index contributed by atoms with van der Waals surface area (Å²) in [4.78, 5) is 0. The van der Waals surface area contributed by atoms with E-state index in [9.17, 15) is 0 Å². The van der Waals surface area contributed by atoms with Gasteiger partial charge >= 0.3 is 0 Å². The second-order valence-corrected chi connectivity index (χ2v) is 6.46. The van der Waals surface area contributed by atoms with Crippen molar-refractivity contribution in [1.29, 1.82) is 0 Å². The van der Waals surface area contributed by atoms with Gasteiger partial charge < -0.3 is 15.8 Å². The van der Waals surface area contributed by atoms with E-state index < -0.39 is 0 Å². The van der Waals surface area contributed by atoms with Crippen molar-refractivity contribution in [2.75, 3.05) is 13.1 Å². The van der Waals surface area contributed by atoms with Crippen LogP contribution in [0.2, 0.25) is 0 Å². The van der Waals surface area contributed by atoms with Crippen molar-refractivity contribution in [1.82, 2.24) is 5.32 Å². The van der Waals surface area contributed by atoms with E-state index >= 15 is 0 Å². The van der Waals surface area contributed by atoms with Crippen molar-refractivity contribution in [2.24, 2.45) is 23.5 Å². The van der Waals surface area contributed by atoms with E-state index in [2.05, 4.69) is 39.9 Å². The molecule has 1 rings (SSSR count). The van der Waals surface area contributed by atoms with Gasteiger partial charge in [0.2, 0.25) is 0 Å². The molecule has 1 aliphatic rings. The molecule has 3 atom stereocenters. The summed E-state index contributed by atoms with van der Waals surface area (Å²) in [6.45, 7) is 13.1. The Hall–Kier alpha value is -0.120. The third kappa shape index (κ3) is 4.52. The Balaban J connectivity index is 2.43. The van der Waals surface area contributed by atoms with Gasteiger partial charge in [-0.1, -0.05) is 27.7 Å². The zero-order valence-corrected chi connectivity index (χ0v) is 12.8. The molecule has 1 saturated heterocycles. The maximum atomic E-state index is 5.93. The lowest BCUT2D eigenvalue weighted by Gasteiger charge is -2.30. The fourth-order valence-corrected chi connectivity index (χ4v) is 3.02. The molecule has 0 aromatic heterocycles. The minimum Gasteiger partial charge on any atom is -0.374 e. The highest BCUT2D eigenvalue weighted by atomic mass is 16.5. The van der Waals surface area contributed by atoms with E-state index in [1.807, 2.05) is 0 Å². The summed E-state index contributed by atoms with van der Waals surface area (Å²) in [5, 5.41) is 3.64. The molecular formula is C15H32N2O. The van der Waals surface area contributed by atoms with Gasteiger partial charge in [0.05, 0.1) is 12.2 Å². The molecule has 0 aromatic carbocycles. The lowest BCUT2D eigenvalue weighted by atomic mass is 9.85. The Morgan fingerprint density at radius 3 is 2.17 bits per heavy atom. The van der Waals surface area contributed by atoms with Gasteiger partial charge in [0, 0.05) is 12.6 Å². The van der Waals surface area contributed by atoms with Crippen LogP contribution in [0.25, 0.3) is 0 Å². The van der Waals surface area contributed by atoms with Crippen molar-refractivity contribution < 1.29 is 4.74 Å². The normalized spacial score (nSPS) is 26.5. The number of rotatable bonds is 7. The second kappa shape index (κ2) is 7.46. The maximum absolute atomic E-state index is 5.93. The van der Waals surface area contributed by atoms with E-state index in [-0.39, 0.29) is 0 Å². The Bertz CT molecular complexity index is 223. The molecule has 18 heavy (non-hydrogen) atoms. The maximum Gasteiger partial charge on any atom is 0.0744 e. The minimum atomic E-state index is 0.310. The molecule has 0 amide bonds. The quantitative estimate of drug-likeness (QED) is 0.735. The summed E-state index contributed by atoms with van der Waals surface area (Å²) in [5.41, 5.74) is 5.89. The van der Waals surface area contributed by atoms with Gasteiger partial charge in [-0.3, -0.25) is 0 Å². The molecule has 1 fully saturated rings. The average molecular weight is 256 g/mol. The highest BCUT2D eigenvalue weighted by Crippen LogP contribution is 2.23. The van der Waals surface area contributed by atoms with Crippen LogP contribution in [0.5, 0.6) is 0 Å². The Morgan fingerprint density at radius 1 is 1.17 bits per heavy atom. The van der Waals surface area contributed by atoms with Gasteiger partial charge in [0.15, 0.2) is 0 Å². The Labute approximate surface area is 113 Å². The molecule has 0 bridgehead atoms. The predicted octanol–water partition coefficient (Wildman–Crippen LogP) is 2.40. The number of hydrogen-bond acceptors (Lipinski definition) is 3. The molecule has 3 unspecified atom stereocenters. The molecule has 3 N–H and O–H groups in total. The van der Waals surface area contributed by atoms with E-state index in [1.165, 1.54) is 6.42 Å². The van der Waals surface area contributed by atoms with E-state index in [0.717, 1.165) is 13.0 Å². The van der Waals surface area contributed by atoms with Crippen LogP contribution in [0.4, 0.5) is 0 Å². The first-order valence-electron chi connectivity index (χ1n) is 7.54. The summed E-state index contributed by atoms with van der Waals surface area (Å²) in [7, 11) is 0. The molecule has 1 heterocycles. The van der Waals surface area contributed by atoms with Crippen molar-refractivity contribution >= 4 is 0 Å². The van der Waals surface area contributed by atoms with Crippen molar-refractivity contribution in [3.8, 4) is 0 Å². The molecule has 1 aliphatic heterocycles. The van der Waals surface area contributed by atoms with E-state index in [0.29, 0.717) is 42.5 Å².